The number of piperidine rings is 2. The van der Waals surface area contributed by atoms with Crippen LogP contribution in [-0.4, -0.2) is 85.9 Å². The second-order valence-electron chi connectivity index (χ2n) is 11.0. The molecule has 0 spiro atoms. The van der Waals surface area contributed by atoms with Gasteiger partial charge in [0.2, 0.25) is 0 Å². The van der Waals surface area contributed by atoms with Crippen molar-refractivity contribution in [2.24, 2.45) is 0 Å². The van der Waals surface area contributed by atoms with Gasteiger partial charge in [0.05, 0.1) is 0 Å². The highest BCUT2D eigenvalue weighted by Crippen LogP contribution is 2.32. The molecule has 0 saturated carbocycles. The minimum Gasteiger partial charge on any atom is -0.339 e. The molecule has 0 radical (unpaired) electrons. The van der Waals surface area contributed by atoms with Gasteiger partial charge in [-0.15, -0.1) is 0 Å². The van der Waals surface area contributed by atoms with Crippen LogP contribution in [0.25, 0.3) is 8.96 Å². The Morgan fingerprint density at radius 1 is 0.628 bits per heavy atom. The van der Waals surface area contributed by atoms with E-state index < -0.39 is 0 Å². The van der Waals surface area contributed by atoms with Crippen LogP contribution < -0.4 is 5.32 Å². The number of nitrogens with zero attached hydrogens (tertiary/aromatic N) is 3. The molecule has 234 valence electrons. The van der Waals surface area contributed by atoms with Gasteiger partial charge in [0.15, 0.2) is 0 Å². The molecule has 2 heterocycles. The molecule has 0 bridgehead atoms. The first-order valence-corrected chi connectivity index (χ1v) is 17.3. The van der Waals surface area contributed by atoms with Gasteiger partial charge in [-0.25, -0.2) is 0 Å². The van der Waals surface area contributed by atoms with Crippen LogP contribution in [0.2, 0.25) is 0 Å². The fourth-order valence-electron chi connectivity index (χ4n) is 5.37. The summed E-state index contributed by atoms with van der Waals surface area (Å²) in [7, 11) is 2.16. The number of likely N-dealkylation sites (tertiary alicyclic amines) is 1. The van der Waals surface area contributed by atoms with E-state index in [1.165, 1.54) is 20.1 Å². The molecule has 2 saturated heterocycles. The average Bonchev–Trinajstić information content (AvgIpc) is 3.06. The number of nitrogens with one attached hydrogen (secondary N) is 1. The Morgan fingerprint density at radius 2 is 0.953 bits per heavy atom. The van der Waals surface area contributed by atoms with Crippen LogP contribution in [0.4, 0.5) is 0 Å². The van der Waals surface area contributed by atoms with Crippen LogP contribution in [0.15, 0.2) is 59.7 Å². The third kappa shape index (κ3) is 9.87. The zero-order chi connectivity index (χ0) is 31.4. The van der Waals surface area contributed by atoms with Crippen molar-refractivity contribution < 1.29 is 9.59 Å². The molecular weight excluding hydrogens is 668 g/mol. The van der Waals surface area contributed by atoms with Gasteiger partial charge in [-0.2, -0.15) is 0 Å². The van der Waals surface area contributed by atoms with Gasteiger partial charge in [-0.3, -0.25) is 9.59 Å². The first-order valence-electron chi connectivity index (χ1n) is 15.7. The Balaban J connectivity index is 0.000000236. The third-order valence-electron chi connectivity index (χ3n) is 8.29. The van der Waals surface area contributed by atoms with Gasteiger partial charge >= 0.3 is 0 Å². The number of hydrogen-bond acceptors (Lipinski definition) is 4. The molecule has 0 aromatic heterocycles. The van der Waals surface area contributed by atoms with Crippen molar-refractivity contribution in [3.8, 4) is 0 Å². The summed E-state index contributed by atoms with van der Waals surface area (Å²) in [5.41, 5.74) is 6.77. The Labute approximate surface area is 275 Å². The number of halogens is 2. The average molecular weight is 717 g/mol. The Morgan fingerprint density at radius 3 is 1.30 bits per heavy atom. The topological polar surface area (TPSA) is 55.9 Å². The lowest BCUT2D eigenvalue weighted by atomic mass is 10.0. The van der Waals surface area contributed by atoms with E-state index in [2.05, 4.69) is 49.1 Å². The first kappa shape index (κ1) is 35.2. The lowest BCUT2D eigenvalue weighted by Crippen LogP contribution is -2.30. The fourth-order valence-corrected chi connectivity index (χ4v) is 6.69. The summed E-state index contributed by atoms with van der Waals surface area (Å²) in [5, 5.41) is 3.37. The van der Waals surface area contributed by atoms with Gasteiger partial charge in [-0.1, -0.05) is 67.3 Å². The van der Waals surface area contributed by atoms with E-state index in [9.17, 15) is 9.59 Å². The van der Waals surface area contributed by atoms with Crippen LogP contribution in [0.5, 0.6) is 0 Å². The summed E-state index contributed by atoms with van der Waals surface area (Å²) in [6.45, 7) is 15.3. The zero-order valence-corrected chi connectivity index (χ0v) is 29.7. The highest BCUT2D eigenvalue weighted by molar-refractivity contribution is 9.15. The third-order valence-corrected chi connectivity index (χ3v) is 10.3. The Kier molecular flexibility index (Phi) is 14.7. The molecule has 6 nitrogen and oxygen atoms in total. The fraction of sp³-hybridized carbons (Fsp3) is 0.486. The van der Waals surface area contributed by atoms with Crippen molar-refractivity contribution in [1.29, 1.82) is 0 Å². The van der Waals surface area contributed by atoms with Crippen LogP contribution >= 0.6 is 31.9 Å². The second kappa shape index (κ2) is 17.9. The maximum absolute atomic E-state index is 12.3. The highest BCUT2D eigenvalue weighted by atomic mass is 79.9. The molecule has 2 fully saturated rings. The van der Waals surface area contributed by atoms with E-state index in [1.807, 2.05) is 86.0 Å². The van der Waals surface area contributed by atoms with E-state index in [1.54, 1.807) is 0 Å². The molecule has 2 aromatic rings. The van der Waals surface area contributed by atoms with Crippen LogP contribution in [-0.2, 0) is 0 Å². The van der Waals surface area contributed by atoms with Gasteiger partial charge < -0.3 is 20.0 Å². The molecule has 0 aliphatic carbocycles. The zero-order valence-electron chi connectivity index (χ0n) is 26.5. The van der Waals surface area contributed by atoms with Gasteiger partial charge in [-0.05, 0) is 109 Å². The summed E-state index contributed by atoms with van der Waals surface area (Å²) in [6, 6.07) is 15.9. The second-order valence-corrected chi connectivity index (χ2v) is 12.6. The maximum Gasteiger partial charge on any atom is 0.253 e. The molecule has 8 heteroatoms. The molecule has 2 aliphatic heterocycles. The van der Waals surface area contributed by atoms with Crippen molar-refractivity contribution in [1.82, 2.24) is 20.0 Å². The number of rotatable bonds is 8. The van der Waals surface area contributed by atoms with E-state index in [0.717, 1.165) is 100 Å². The summed E-state index contributed by atoms with van der Waals surface area (Å²) < 4.78 is 2.38. The minimum atomic E-state index is 0.109. The summed E-state index contributed by atoms with van der Waals surface area (Å²) in [4.78, 5) is 30.7. The SMILES string of the molecule is CCN(CC)C(=O)c1ccc(C(Br)=C2CCN(C)CC2)cc1.CCN(CC)C(=O)c1ccc(C(Br)=C2CCNCC2)cc1. The minimum absolute atomic E-state index is 0.109. The predicted molar refractivity (Wildman–Crippen MR) is 188 cm³/mol. The molecule has 2 aliphatic rings. The standard InChI is InChI=1S/C18H25BrN2O.C17H23BrN2O/c1-4-21(5-2)18(22)16-8-6-14(7-9-16)17(19)15-10-12-20(3)13-11-15;1-3-20(4-2)17(21)15-7-5-13(6-8-15)16(18)14-9-11-19-12-10-14/h6-9H,4-5,10-13H2,1-3H3;5-8,19H,3-4,9-12H2,1-2H3. The molecule has 43 heavy (non-hydrogen) atoms. The number of carbonyl (C=O) groups excluding carboxylic acids is 2. The molecule has 2 aromatic carbocycles. The van der Waals surface area contributed by atoms with Gasteiger partial charge in [0.1, 0.15) is 0 Å². The predicted octanol–water partition coefficient (Wildman–Crippen LogP) is 7.66. The smallest absolute Gasteiger partial charge is 0.253 e. The van der Waals surface area contributed by atoms with E-state index >= 15 is 0 Å². The van der Waals surface area contributed by atoms with Crippen molar-refractivity contribution >= 4 is 52.6 Å². The van der Waals surface area contributed by atoms with Gasteiger partial charge in [0, 0.05) is 59.4 Å². The molecule has 2 amide bonds. The molecule has 1 N–H and O–H groups in total. The summed E-state index contributed by atoms with van der Waals surface area (Å²) in [5.74, 6) is 0.219. The quantitative estimate of drug-likeness (QED) is 0.305. The molecular formula is C35H48Br2N4O2. The lowest BCUT2D eigenvalue weighted by molar-refractivity contribution is 0.0765. The molecule has 4 rings (SSSR count). The molecule has 0 atom stereocenters. The largest absolute Gasteiger partial charge is 0.339 e. The van der Waals surface area contributed by atoms with Crippen molar-refractivity contribution in [2.75, 3.05) is 59.4 Å². The number of benzene rings is 2. The molecule has 0 unspecified atom stereocenters. The van der Waals surface area contributed by atoms with E-state index in [0.29, 0.717) is 0 Å². The van der Waals surface area contributed by atoms with Crippen LogP contribution in [0.1, 0.15) is 85.2 Å². The highest BCUT2D eigenvalue weighted by Gasteiger charge is 2.17. The Bertz CT molecular complexity index is 1250. The Hall–Kier alpha value is -2.26. The lowest BCUT2D eigenvalue weighted by Gasteiger charge is -2.25. The van der Waals surface area contributed by atoms with Crippen molar-refractivity contribution in [2.45, 2.75) is 53.4 Å². The van der Waals surface area contributed by atoms with Crippen LogP contribution in [0.3, 0.4) is 0 Å². The van der Waals surface area contributed by atoms with Gasteiger partial charge in [0.25, 0.3) is 11.8 Å². The monoisotopic (exact) mass is 714 g/mol. The summed E-state index contributed by atoms with van der Waals surface area (Å²) in [6.07, 6.45) is 4.38. The van der Waals surface area contributed by atoms with Crippen LogP contribution in [0, 0.1) is 0 Å². The number of hydrogen-bond donors (Lipinski definition) is 1. The maximum atomic E-state index is 12.3. The summed E-state index contributed by atoms with van der Waals surface area (Å²) >= 11 is 7.47. The number of carbonyl (C=O) groups is 2. The van der Waals surface area contributed by atoms with E-state index in [4.69, 9.17) is 0 Å². The normalized spacial score (nSPS) is 15.3. The van der Waals surface area contributed by atoms with E-state index in [-0.39, 0.29) is 11.8 Å². The van der Waals surface area contributed by atoms with Crippen molar-refractivity contribution in [3.05, 3.63) is 81.9 Å². The number of amides is 2. The first-order chi connectivity index (χ1) is 20.7. The van der Waals surface area contributed by atoms with Crippen molar-refractivity contribution in [3.63, 3.8) is 0 Å².